The second-order valence-electron chi connectivity index (χ2n) is 7.51. The van der Waals surface area contributed by atoms with E-state index in [1.54, 1.807) is 0 Å². The summed E-state index contributed by atoms with van der Waals surface area (Å²) in [6.45, 7) is 6.43. The molecule has 2 atom stereocenters. The molecule has 2 rings (SSSR count). The van der Waals surface area contributed by atoms with Gasteiger partial charge in [0.05, 0.1) is 20.2 Å². The second-order valence-corrected chi connectivity index (χ2v) is 7.51. The maximum absolute atomic E-state index is 12.4. The van der Waals surface area contributed by atoms with E-state index in [0.717, 1.165) is 38.8 Å². The summed E-state index contributed by atoms with van der Waals surface area (Å²) in [4.78, 5) is 25.6. The summed E-state index contributed by atoms with van der Waals surface area (Å²) in [5.74, 6) is 0.353. The Kier molecular flexibility index (Phi) is 8.10. The number of carbonyl (C=O) groups is 2. The average molecular weight is 362 g/mol. The molecule has 1 aromatic rings. The van der Waals surface area contributed by atoms with Gasteiger partial charge in [-0.3, -0.25) is 4.79 Å². The minimum absolute atomic E-state index is 0.0581. The lowest BCUT2D eigenvalue weighted by Gasteiger charge is -2.29. The van der Waals surface area contributed by atoms with E-state index in [9.17, 15) is 9.59 Å². The third-order valence-electron chi connectivity index (χ3n) is 5.57. The fourth-order valence-corrected chi connectivity index (χ4v) is 3.66. The molecule has 1 amide bonds. The maximum atomic E-state index is 12.4. The van der Waals surface area contributed by atoms with E-state index in [2.05, 4.69) is 35.6 Å². The number of benzene rings is 1. The smallest absolute Gasteiger partial charge is 0.328 e. The Balaban J connectivity index is 1.77. The summed E-state index contributed by atoms with van der Waals surface area (Å²) in [6.07, 6.45) is 4.23. The highest BCUT2D eigenvalue weighted by atomic mass is 16.5. The molecule has 1 aliphatic heterocycles. The van der Waals surface area contributed by atoms with E-state index < -0.39 is 6.04 Å². The van der Waals surface area contributed by atoms with Gasteiger partial charge >= 0.3 is 5.97 Å². The molecule has 0 aromatic heterocycles. The Bertz CT molecular complexity index is 568. The zero-order valence-electron chi connectivity index (χ0n) is 16.3. The van der Waals surface area contributed by atoms with Crippen molar-refractivity contribution in [3.05, 3.63) is 35.9 Å². The molecule has 5 heteroatoms. The van der Waals surface area contributed by atoms with Crippen molar-refractivity contribution in [1.82, 2.24) is 5.32 Å². The highest BCUT2D eigenvalue weighted by Gasteiger charge is 2.29. The van der Waals surface area contributed by atoms with Gasteiger partial charge in [0, 0.05) is 0 Å². The number of likely N-dealkylation sites (tertiary alicyclic amines) is 1. The molecule has 5 nitrogen and oxygen atoms in total. The molecule has 1 saturated heterocycles. The number of hydrogen-bond donors (Lipinski definition) is 2. The molecule has 26 heavy (non-hydrogen) atoms. The van der Waals surface area contributed by atoms with Crippen molar-refractivity contribution in [3.8, 4) is 0 Å². The van der Waals surface area contributed by atoms with Crippen LogP contribution in [0.5, 0.6) is 0 Å². The van der Waals surface area contributed by atoms with Crippen LogP contribution >= 0.6 is 0 Å². The standard InChI is InChI=1S/C21H32N2O3/c1-4-16(2)20(21(25)26-3)22-19(24)15-23-12-10-18(11-13-23)14-17-8-6-5-7-9-17/h5-9,16,18,20H,4,10-15H2,1-3H3,(H,22,24)/p+1/t16-,20-/m1/s1. The van der Waals surface area contributed by atoms with Gasteiger partial charge in [0.15, 0.2) is 6.54 Å². The summed E-state index contributed by atoms with van der Waals surface area (Å²) in [5, 5.41) is 2.88. The molecule has 0 saturated carbocycles. The molecule has 1 heterocycles. The third kappa shape index (κ3) is 6.13. The van der Waals surface area contributed by atoms with E-state index in [4.69, 9.17) is 4.74 Å². The summed E-state index contributed by atoms with van der Waals surface area (Å²) < 4.78 is 4.84. The highest BCUT2D eigenvalue weighted by molar-refractivity contribution is 5.85. The summed E-state index contributed by atoms with van der Waals surface area (Å²) >= 11 is 0. The molecule has 0 spiro atoms. The van der Waals surface area contributed by atoms with Crippen molar-refractivity contribution in [3.63, 3.8) is 0 Å². The molecule has 144 valence electrons. The number of nitrogens with one attached hydrogen (secondary N) is 2. The number of esters is 1. The summed E-state index contributed by atoms with van der Waals surface area (Å²) in [5.41, 5.74) is 1.40. The van der Waals surface area contributed by atoms with E-state index >= 15 is 0 Å². The first kappa shape index (κ1) is 20.4. The fourth-order valence-electron chi connectivity index (χ4n) is 3.66. The van der Waals surface area contributed by atoms with Crippen LogP contribution in [-0.4, -0.2) is 44.7 Å². The highest BCUT2D eigenvalue weighted by Crippen LogP contribution is 2.16. The number of piperidine rings is 1. The maximum Gasteiger partial charge on any atom is 0.328 e. The topological polar surface area (TPSA) is 59.8 Å². The summed E-state index contributed by atoms with van der Waals surface area (Å²) in [6, 6.07) is 10.1. The first-order valence-corrected chi connectivity index (χ1v) is 9.78. The van der Waals surface area contributed by atoms with Gasteiger partial charge in [-0.15, -0.1) is 0 Å². The van der Waals surface area contributed by atoms with Crippen molar-refractivity contribution in [2.24, 2.45) is 11.8 Å². The molecule has 0 radical (unpaired) electrons. The van der Waals surface area contributed by atoms with E-state index in [1.807, 2.05) is 13.8 Å². The van der Waals surface area contributed by atoms with Gasteiger partial charge in [0.2, 0.25) is 0 Å². The predicted octanol–water partition coefficient (Wildman–Crippen LogP) is 1.23. The number of rotatable bonds is 8. The Hall–Kier alpha value is -1.88. The van der Waals surface area contributed by atoms with E-state index in [0.29, 0.717) is 12.5 Å². The first-order chi connectivity index (χ1) is 12.5. The molecule has 0 aliphatic carbocycles. The average Bonchev–Trinajstić information content (AvgIpc) is 2.67. The normalized spacial score (nSPS) is 22.3. The minimum Gasteiger partial charge on any atom is -0.467 e. The molecule has 2 N–H and O–H groups in total. The second kappa shape index (κ2) is 10.3. The van der Waals surface area contributed by atoms with Gasteiger partial charge in [-0.2, -0.15) is 0 Å². The van der Waals surface area contributed by atoms with Crippen LogP contribution in [0.1, 0.15) is 38.7 Å². The lowest BCUT2D eigenvalue weighted by molar-refractivity contribution is -0.898. The van der Waals surface area contributed by atoms with Crippen LogP contribution in [0, 0.1) is 11.8 Å². The zero-order chi connectivity index (χ0) is 18.9. The van der Waals surface area contributed by atoms with Crippen LogP contribution in [0.4, 0.5) is 0 Å². The summed E-state index contributed by atoms with van der Waals surface area (Å²) in [7, 11) is 1.37. The van der Waals surface area contributed by atoms with Gasteiger partial charge < -0.3 is 15.0 Å². The quantitative estimate of drug-likeness (QED) is 0.685. The molecular formula is C21H33N2O3+. The van der Waals surface area contributed by atoms with Crippen LogP contribution < -0.4 is 10.2 Å². The number of methoxy groups -OCH3 is 1. The van der Waals surface area contributed by atoms with Crippen molar-refractivity contribution in [1.29, 1.82) is 0 Å². The number of amides is 1. The van der Waals surface area contributed by atoms with Crippen LogP contribution in [0.15, 0.2) is 30.3 Å². The Labute approximate surface area is 157 Å². The Morgan fingerprint density at radius 2 is 1.88 bits per heavy atom. The third-order valence-corrected chi connectivity index (χ3v) is 5.57. The van der Waals surface area contributed by atoms with Gasteiger partial charge in [-0.25, -0.2) is 4.79 Å². The first-order valence-electron chi connectivity index (χ1n) is 9.78. The number of hydrogen-bond acceptors (Lipinski definition) is 3. The van der Waals surface area contributed by atoms with Crippen molar-refractivity contribution in [2.75, 3.05) is 26.7 Å². The number of carbonyl (C=O) groups excluding carboxylic acids is 2. The molecule has 0 unspecified atom stereocenters. The monoisotopic (exact) mass is 361 g/mol. The molecule has 1 aromatic carbocycles. The lowest BCUT2D eigenvalue weighted by Crippen LogP contribution is -3.14. The SMILES string of the molecule is CC[C@@H](C)[C@@H](NC(=O)C[NH+]1CCC(Cc2ccccc2)CC1)C(=O)OC. The van der Waals surface area contributed by atoms with Crippen LogP contribution in [0.25, 0.3) is 0 Å². The van der Waals surface area contributed by atoms with Crippen molar-refractivity contribution in [2.45, 2.75) is 45.6 Å². The fraction of sp³-hybridized carbons (Fsp3) is 0.619. The van der Waals surface area contributed by atoms with Crippen LogP contribution in [-0.2, 0) is 20.7 Å². The Morgan fingerprint density at radius 3 is 2.46 bits per heavy atom. The Morgan fingerprint density at radius 1 is 1.23 bits per heavy atom. The van der Waals surface area contributed by atoms with Crippen LogP contribution in [0.3, 0.4) is 0 Å². The van der Waals surface area contributed by atoms with Gasteiger partial charge in [0.1, 0.15) is 6.04 Å². The molecule has 1 aliphatic rings. The van der Waals surface area contributed by atoms with Crippen LogP contribution in [0.2, 0.25) is 0 Å². The van der Waals surface area contributed by atoms with Gasteiger partial charge in [0.25, 0.3) is 5.91 Å². The minimum atomic E-state index is -0.549. The van der Waals surface area contributed by atoms with Crippen molar-refractivity contribution >= 4 is 11.9 Å². The molecule has 1 fully saturated rings. The lowest BCUT2D eigenvalue weighted by atomic mass is 9.90. The van der Waals surface area contributed by atoms with E-state index in [1.165, 1.54) is 17.6 Å². The number of ether oxygens (including phenoxy) is 1. The van der Waals surface area contributed by atoms with E-state index in [-0.39, 0.29) is 17.8 Å². The van der Waals surface area contributed by atoms with Crippen molar-refractivity contribution < 1.29 is 19.2 Å². The molecular weight excluding hydrogens is 328 g/mol. The molecule has 0 bridgehead atoms. The number of quaternary nitrogens is 1. The van der Waals surface area contributed by atoms with Gasteiger partial charge in [-0.05, 0) is 36.7 Å². The largest absolute Gasteiger partial charge is 0.467 e. The zero-order valence-corrected chi connectivity index (χ0v) is 16.3. The van der Waals surface area contributed by atoms with Gasteiger partial charge in [-0.1, -0.05) is 50.6 Å². The predicted molar refractivity (Wildman–Crippen MR) is 102 cm³/mol.